The van der Waals surface area contributed by atoms with Gasteiger partial charge in [0.05, 0.1) is 11.9 Å². The highest BCUT2D eigenvalue weighted by Gasteiger charge is 2.10. The standard InChI is InChI=1S/C16H15ClN2O2/c1-11-2-4-13(9-14(11)17)19-18-10-12-3-5-15-16(8-12)21-7-6-20-15/h2-5,8-10,19H,6-7H2,1H3/b18-10-. The van der Waals surface area contributed by atoms with Crippen LogP contribution in [0, 0.1) is 6.92 Å². The molecule has 1 aliphatic heterocycles. The summed E-state index contributed by atoms with van der Waals surface area (Å²) in [5.74, 6) is 1.53. The molecule has 0 saturated carbocycles. The second-order valence-electron chi connectivity index (χ2n) is 4.74. The zero-order chi connectivity index (χ0) is 14.7. The SMILES string of the molecule is Cc1ccc(N/N=C\c2ccc3c(c2)OCCO3)cc1Cl. The van der Waals surface area contributed by atoms with Crippen molar-refractivity contribution < 1.29 is 9.47 Å². The van der Waals surface area contributed by atoms with E-state index < -0.39 is 0 Å². The molecule has 4 nitrogen and oxygen atoms in total. The van der Waals surface area contributed by atoms with Gasteiger partial charge in [-0.1, -0.05) is 17.7 Å². The number of hydrazone groups is 1. The van der Waals surface area contributed by atoms with Crippen molar-refractivity contribution in [3.8, 4) is 11.5 Å². The van der Waals surface area contributed by atoms with Crippen LogP contribution in [0.4, 0.5) is 5.69 Å². The molecule has 1 aliphatic rings. The van der Waals surface area contributed by atoms with Crippen LogP contribution in [0.1, 0.15) is 11.1 Å². The fraction of sp³-hybridized carbons (Fsp3) is 0.188. The first kappa shape index (κ1) is 13.8. The van der Waals surface area contributed by atoms with Crippen molar-refractivity contribution in [2.75, 3.05) is 18.6 Å². The molecule has 0 saturated heterocycles. The number of nitrogens with zero attached hydrogens (tertiary/aromatic N) is 1. The quantitative estimate of drug-likeness (QED) is 0.691. The Morgan fingerprint density at radius 3 is 2.71 bits per heavy atom. The first-order valence-electron chi connectivity index (χ1n) is 6.67. The van der Waals surface area contributed by atoms with E-state index in [1.807, 2.05) is 43.3 Å². The summed E-state index contributed by atoms with van der Waals surface area (Å²) in [4.78, 5) is 0. The van der Waals surface area contributed by atoms with Gasteiger partial charge >= 0.3 is 0 Å². The van der Waals surface area contributed by atoms with E-state index in [1.54, 1.807) is 6.21 Å². The zero-order valence-corrected chi connectivity index (χ0v) is 12.4. The molecule has 0 spiro atoms. The molecule has 0 fully saturated rings. The molecule has 3 rings (SSSR count). The van der Waals surface area contributed by atoms with E-state index in [9.17, 15) is 0 Å². The van der Waals surface area contributed by atoms with E-state index in [4.69, 9.17) is 21.1 Å². The number of rotatable bonds is 3. The number of aryl methyl sites for hydroxylation is 1. The molecule has 5 heteroatoms. The van der Waals surface area contributed by atoms with Crippen LogP contribution >= 0.6 is 11.6 Å². The Hall–Kier alpha value is -2.20. The average molecular weight is 303 g/mol. The maximum absolute atomic E-state index is 6.07. The summed E-state index contributed by atoms with van der Waals surface area (Å²) < 4.78 is 11.0. The van der Waals surface area contributed by atoms with Gasteiger partial charge in [-0.25, -0.2) is 0 Å². The van der Waals surface area contributed by atoms with E-state index in [2.05, 4.69) is 10.5 Å². The maximum Gasteiger partial charge on any atom is 0.162 e. The van der Waals surface area contributed by atoms with E-state index >= 15 is 0 Å². The number of hydrogen-bond donors (Lipinski definition) is 1. The zero-order valence-electron chi connectivity index (χ0n) is 11.6. The lowest BCUT2D eigenvalue weighted by Crippen LogP contribution is -2.15. The van der Waals surface area contributed by atoms with Gasteiger partial charge in [0.25, 0.3) is 0 Å². The number of anilines is 1. The van der Waals surface area contributed by atoms with Crippen LogP contribution in [0.15, 0.2) is 41.5 Å². The number of halogens is 1. The van der Waals surface area contributed by atoms with Crippen LogP contribution in [-0.4, -0.2) is 19.4 Å². The van der Waals surface area contributed by atoms with Crippen LogP contribution < -0.4 is 14.9 Å². The Kier molecular flexibility index (Phi) is 3.97. The lowest BCUT2D eigenvalue weighted by Gasteiger charge is -2.18. The Labute approximate surface area is 128 Å². The number of hydrogen-bond acceptors (Lipinski definition) is 4. The minimum atomic E-state index is 0.577. The highest BCUT2D eigenvalue weighted by Crippen LogP contribution is 2.30. The molecule has 1 heterocycles. The molecule has 0 aromatic heterocycles. The highest BCUT2D eigenvalue weighted by atomic mass is 35.5. The minimum Gasteiger partial charge on any atom is -0.486 e. The van der Waals surface area contributed by atoms with Gasteiger partial charge in [-0.15, -0.1) is 0 Å². The van der Waals surface area contributed by atoms with Gasteiger partial charge in [0.2, 0.25) is 0 Å². The van der Waals surface area contributed by atoms with E-state index in [1.165, 1.54) is 0 Å². The van der Waals surface area contributed by atoms with E-state index in [0.29, 0.717) is 13.2 Å². The molecule has 0 bridgehead atoms. The van der Waals surface area contributed by atoms with E-state index in [-0.39, 0.29) is 0 Å². The molecule has 2 aromatic rings. The van der Waals surface area contributed by atoms with Crippen molar-refractivity contribution in [2.24, 2.45) is 5.10 Å². The number of fused-ring (bicyclic) bond motifs is 1. The Morgan fingerprint density at radius 1 is 1.10 bits per heavy atom. The molecule has 0 atom stereocenters. The predicted molar refractivity (Wildman–Crippen MR) is 84.8 cm³/mol. The van der Waals surface area contributed by atoms with Crippen molar-refractivity contribution >= 4 is 23.5 Å². The number of nitrogens with one attached hydrogen (secondary N) is 1. The summed E-state index contributed by atoms with van der Waals surface area (Å²) in [7, 11) is 0. The average Bonchev–Trinajstić information content (AvgIpc) is 2.51. The highest BCUT2D eigenvalue weighted by molar-refractivity contribution is 6.31. The summed E-state index contributed by atoms with van der Waals surface area (Å²) in [5.41, 5.74) is 5.78. The first-order chi connectivity index (χ1) is 10.2. The Balaban J connectivity index is 1.69. The van der Waals surface area contributed by atoms with Gasteiger partial charge < -0.3 is 9.47 Å². The maximum atomic E-state index is 6.07. The molecule has 0 unspecified atom stereocenters. The van der Waals surface area contributed by atoms with Crippen LogP contribution in [0.5, 0.6) is 11.5 Å². The molecule has 0 aliphatic carbocycles. The Bertz CT molecular complexity index is 686. The molecule has 0 amide bonds. The smallest absolute Gasteiger partial charge is 0.162 e. The third-order valence-electron chi connectivity index (χ3n) is 3.15. The number of benzene rings is 2. The fourth-order valence-electron chi connectivity index (χ4n) is 1.98. The molecule has 1 N–H and O–H groups in total. The second-order valence-corrected chi connectivity index (χ2v) is 5.14. The van der Waals surface area contributed by atoms with Crippen molar-refractivity contribution in [1.29, 1.82) is 0 Å². The van der Waals surface area contributed by atoms with Gasteiger partial charge in [0.15, 0.2) is 11.5 Å². The first-order valence-corrected chi connectivity index (χ1v) is 7.05. The van der Waals surface area contributed by atoms with Crippen LogP contribution in [0.25, 0.3) is 0 Å². The second kappa shape index (κ2) is 6.06. The minimum absolute atomic E-state index is 0.577. The summed E-state index contributed by atoms with van der Waals surface area (Å²) in [6.07, 6.45) is 1.73. The molecular weight excluding hydrogens is 288 g/mol. The lowest BCUT2D eigenvalue weighted by molar-refractivity contribution is 0.171. The molecular formula is C16H15ClN2O2. The van der Waals surface area contributed by atoms with E-state index in [0.717, 1.165) is 33.3 Å². The summed E-state index contributed by atoms with van der Waals surface area (Å²) in [6.45, 7) is 3.13. The molecule has 21 heavy (non-hydrogen) atoms. The number of ether oxygens (including phenoxy) is 2. The van der Waals surface area contributed by atoms with Crippen LogP contribution in [-0.2, 0) is 0 Å². The lowest BCUT2D eigenvalue weighted by atomic mass is 10.2. The topological polar surface area (TPSA) is 42.9 Å². The van der Waals surface area contributed by atoms with Crippen molar-refractivity contribution in [1.82, 2.24) is 0 Å². The summed E-state index contributed by atoms with van der Waals surface area (Å²) >= 11 is 6.07. The van der Waals surface area contributed by atoms with Crippen LogP contribution in [0.3, 0.4) is 0 Å². The van der Waals surface area contributed by atoms with Crippen LogP contribution in [0.2, 0.25) is 5.02 Å². The molecule has 108 valence electrons. The largest absolute Gasteiger partial charge is 0.486 e. The fourth-order valence-corrected chi connectivity index (χ4v) is 2.16. The Morgan fingerprint density at radius 2 is 1.90 bits per heavy atom. The van der Waals surface area contributed by atoms with Crippen molar-refractivity contribution in [3.63, 3.8) is 0 Å². The molecule has 0 radical (unpaired) electrons. The summed E-state index contributed by atoms with van der Waals surface area (Å²) in [6, 6.07) is 11.5. The third-order valence-corrected chi connectivity index (χ3v) is 3.55. The third kappa shape index (κ3) is 3.28. The summed E-state index contributed by atoms with van der Waals surface area (Å²) in [5, 5.41) is 4.92. The normalized spacial score (nSPS) is 13.4. The van der Waals surface area contributed by atoms with Gasteiger partial charge in [0, 0.05) is 5.02 Å². The van der Waals surface area contributed by atoms with Gasteiger partial charge in [-0.2, -0.15) is 5.10 Å². The van der Waals surface area contributed by atoms with Crippen molar-refractivity contribution in [2.45, 2.75) is 6.92 Å². The van der Waals surface area contributed by atoms with Crippen molar-refractivity contribution in [3.05, 3.63) is 52.5 Å². The van der Waals surface area contributed by atoms with Gasteiger partial charge in [-0.05, 0) is 48.4 Å². The predicted octanol–water partition coefficient (Wildman–Crippen LogP) is 3.87. The molecule has 2 aromatic carbocycles. The van der Waals surface area contributed by atoms with Gasteiger partial charge in [-0.3, -0.25) is 5.43 Å². The van der Waals surface area contributed by atoms with Gasteiger partial charge in [0.1, 0.15) is 13.2 Å². The monoisotopic (exact) mass is 302 g/mol.